The molecule has 0 spiro atoms. The van der Waals surface area contributed by atoms with Crippen molar-refractivity contribution in [2.75, 3.05) is 13.1 Å². The molecule has 0 amide bonds. The van der Waals surface area contributed by atoms with Crippen LogP contribution in [0, 0.1) is 5.82 Å². The fraction of sp³-hybridized carbons (Fsp3) is 0.158. The maximum Gasteiger partial charge on any atom is 0.317 e. The predicted octanol–water partition coefficient (Wildman–Crippen LogP) is 1.84. The summed E-state index contributed by atoms with van der Waals surface area (Å²) in [5.41, 5.74) is 1.04. The smallest absolute Gasteiger partial charge is 0.317 e. The van der Waals surface area contributed by atoms with Gasteiger partial charge in [0.05, 0.1) is 13.1 Å². The predicted molar refractivity (Wildman–Crippen MR) is 100 cm³/mol. The fourth-order valence-electron chi connectivity index (χ4n) is 2.66. The average Bonchev–Trinajstić information content (AvgIpc) is 2.70. The van der Waals surface area contributed by atoms with Crippen molar-refractivity contribution in [2.45, 2.75) is 6.54 Å². The topological polar surface area (TPSA) is 139 Å². The molecule has 0 atom stereocenters. The van der Waals surface area contributed by atoms with Crippen LogP contribution in [-0.4, -0.2) is 60.5 Å². The lowest BCUT2D eigenvalue weighted by molar-refractivity contribution is -0.142. The summed E-state index contributed by atoms with van der Waals surface area (Å²) < 4.78 is 19.1. The Morgan fingerprint density at radius 2 is 1.60 bits per heavy atom. The molecule has 0 aliphatic heterocycles. The third kappa shape index (κ3) is 5.75. The Kier molecular flexibility index (Phi) is 6.55. The van der Waals surface area contributed by atoms with Gasteiger partial charge in [0.15, 0.2) is 6.33 Å². The summed E-state index contributed by atoms with van der Waals surface area (Å²) in [6, 6.07) is 10.2. The molecule has 1 aromatic heterocycles. The van der Waals surface area contributed by atoms with Crippen molar-refractivity contribution in [3.63, 3.8) is 0 Å². The number of carboxylic acids is 2. The Bertz CT molecular complexity index is 1020. The van der Waals surface area contributed by atoms with Crippen molar-refractivity contribution in [1.82, 2.24) is 25.3 Å². The number of rotatable bonds is 9. The Morgan fingerprint density at radius 1 is 0.967 bits per heavy atom. The zero-order valence-electron chi connectivity index (χ0n) is 15.5. The molecule has 3 aromatic rings. The van der Waals surface area contributed by atoms with Crippen molar-refractivity contribution in [3.05, 3.63) is 60.2 Å². The highest BCUT2D eigenvalue weighted by Gasteiger charge is 2.18. The van der Waals surface area contributed by atoms with Crippen LogP contribution < -0.4 is 4.74 Å². The Hall–Kier alpha value is -3.99. The van der Waals surface area contributed by atoms with E-state index in [1.54, 1.807) is 18.2 Å². The van der Waals surface area contributed by atoms with Gasteiger partial charge in [-0.1, -0.05) is 12.1 Å². The first-order valence-corrected chi connectivity index (χ1v) is 8.64. The van der Waals surface area contributed by atoms with E-state index < -0.39 is 30.8 Å². The molecule has 1 heterocycles. The molecule has 0 radical (unpaired) electrons. The highest BCUT2D eigenvalue weighted by atomic mass is 19.1. The Morgan fingerprint density at radius 3 is 2.20 bits per heavy atom. The number of nitrogens with zero attached hydrogens (tertiary/aromatic N) is 5. The van der Waals surface area contributed by atoms with Crippen molar-refractivity contribution in [2.24, 2.45) is 0 Å². The number of aromatic nitrogens is 4. The van der Waals surface area contributed by atoms with Gasteiger partial charge in [0.25, 0.3) is 0 Å². The number of aliphatic carboxylic acids is 2. The summed E-state index contributed by atoms with van der Waals surface area (Å²) in [7, 11) is 0. The van der Waals surface area contributed by atoms with Gasteiger partial charge in [-0.15, -0.1) is 20.4 Å². The van der Waals surface area contributed by atoms with Gasteiger partial charge in [-0.25, -0.2) is 4.39 Å². The van der Waals surface area contributed by atoms with E-state index in [-0.39, 0.29) is 12.4 Å². The lowest BCUT2D eigenvalue weighted by atomic mass is 10.1. The van der Waals surface area contributed by atoms with E-state index in [0.717, 1.165) is 0 Å². The minimum atomic E-state index is -1.16. The van der Waals surface area contributed by atoms with Crippen LogP contribution >= 0.6 is 0 Å². The second-order valence-corrected chi connectivity index (χ2v) is 6.18. The molecule has 0 unspecified atom stereocenters. The maximum absolute atomic E-state index is 13.2. The molecule has 0 saturated carbocycles. The van der Waals surface area contributed by atoms with Crippen LogP contribution in [-0.2, 0) is 16.1 Å². The number of halogens is 1. The SMILES string of the molecule is O=C(O)CN(CC(=O)O)Cc1ccc(-c2nncnn2)cc1Oc1ccc(F)cc1. The molecule has 10 nitrogen and oxygen atoms in total. The van der Waals surface area contributed by atoms with Crippen LogP contribution in [0.15, 0.2) is 48.8 Å². The van der Waals surface area contributed by atoms with E-state index in [9.17, 15) is 14.0 Å². The molecule has 154 valence electrons. The van der Waals surface area contributed by atoms with Crippen molar-refractivity contribution in [1.29, 1.82) is 0 Å². The molecule has 0 bridgehead atoms. The van der Waals surface area contributed by atoms with Crippen LogP contribution in [0.5, 0.6) is 11.5 Å². The lowest BCUT2D eigenvalue weighted by Crippen LogP contribution is -2.34. The molecular formula is C19H16FN5O5. The van der Waals surface area contributed by atoms with Gasteiger partial charge in [0.1, 0.15) is 17.3 Å². The summed E-state index contributed by atoms with van der Waals surface area (Å²) in [6.45, 7) is -0.957. The highest BCUT2D eigenvalue weighted by Crippen LogP contribution is 2.30. The van der Waals surface area contributed by atoms with E-state index in [0.29, 0.717) is 22.6 Å². The highest BCUT2D eigenvalue weighted by molar-refractivity contribution is 5.72. The summed E-state index contributed by atoms with van der Waals surface area (Å²) in [6.07, 6.45) is 1.18. The van der Waals surface area contributed by atoms with Crippen molar-refractivity contribution >= 4 is 11.9 Å². The number of benzene rings is 2. The zero-order valence-corrected chi connectivity index (χ0v) is 15.5. The molecule has 2 aromatic carbocycles. The zero-order chi connectivity index (χ0) is 21.5. The quantitative estimate of drug-likeness (QED) is 0.534. The van der Waals surface area contributed by atoms with Gasteiger partial charge in [-0.3, -0.25) is 14.5 Å². The third-order valence-electron chi connectivity index (χ3n) is 3.89. The largest absolute Gasteiger partial charge is 0.480 e. The second kappa shape index (κ2) is 9.47. The molecule has 0 aliphatic carbocycles. The summed E-state index contributed by atoms with van der Waals surface area (Å²) in [5.74, 6) is -1.89. The van der Waals surface area contributed by atoms with Crippen molar-refractivity contribution in [3.8, 4) is 22.9 Å². The molecule has 2 N–H and O–H groups in total. The summed E-state index contributed by atoms with van der Waals surface area (Å²) in [4.78, 5) is 23.4. The van der Waals surface area contributed by atoms with Crippen LogP contribution in [0.3, 0.4) is 0 Å². The van der Waals surface area contributed by atoms with Gasteiger partial charge in [-0.05, 0) is 30.3 Å². The fourth-order valence-corrected chi connectivity index (χ4v) is 2.66. The van der Waals surface area contributed by atoms with E-state index in [2.05, 4.69) is 20.4 Å². The average molecular weight is 413 g/mol. The number of hydrogen-bond acceptors (Lipinski definition) is 8. The Balaban J connectivity index is 1.96. The number of carbonyl (C=O) groups is 2. The van der Waals surface area contributed by atoms with Gasteiger partial charge in [-0.2, -0.15) is 0 Å². The second-order valence-electron chi connectivity index (χ2n) is 6.18. The molecule has 11 heteroatoms. The van der Waals surface area contributed by atoms with Gasteiger partial charge in [0, 0.05) is 17.7 Å². The Labute approximate surface area is 169 Å². The number of carboxylic acid groups (broad SMARTS) is 2. The monoisotopic (exact) mass is 413 g/mol. The van der Waals surface area contributed by atoms with Crippen LogP contribution in [0.2, 0.25) is 0 Å². The minimum absolute atomic E-state index is 0.0123. The lowest BCUT2D eigenvalue weighted by Gasteiger charge is -2.20. The summed E-state index contributed by atoms with van der Waals surface area (Å²) in [5, 5.41) is 33.3. The van der Waals surface area contributed by atoms with Crippen LogP contribution in [0.25, 0.3) is 11.4 Å². The first-order chi connectivity index (χ1) is 14.4. The van der Waals surface area contributed by atoms with Gasteiger partial charge < -0.3 is 14.9 Å². The van der Waals surface area contributed by atoms with E-state index in [1.807, 2.05) is 0 Å². The van der Waals surface area contributed by atoms with E-state index >= 15 is 0 Å². The molecule has 30 heavy (non-hydrogen) atoms. The molecule has 3 rings (SSSR count). The first-order valence-electron chi connectivity index (χ1n) is 8.64. The minimum Gasteiger partial charge on any atom is -0.480 e. The molecule has 0 saturated heterocycles. The van der Waals surface area contributed by atoms with Crippen molar-refractivity contribution < 1.29 is 28.9 Å². The standard InChI is InChI=1S/C19H16FN5O5/c20-14-3-5-15(6-4-14)30-16-7-12(19-23-21-11-22-24-19)1-2-13(16)8-25(9-17(26)27)10-18(28)29/h1-7,11H,8-10H2,(H,26,27)(H,28,29). The van der Waals surface area contributed by atoms with E-state index in [4.69, 9.17) is 14.9 Å². The summed E-state index contributed by atoms with van der Waals surface area (Å²) >= 11 is 0. The molecule has 0 aliphatic rings. The van der Waals surface area contributed by atoms with Crippen LogP contribution in [0.4, 0.5) is 4.39 Å². The van der Waals surface area contributed by atoms with Crippen LogP contribution in [0.1, 0.15) is 5.56 Å². The van der Waals surface area contributed by atoms with Gasteiger partial charge in [0.2, 0.25) is 5.82 Å². The number of hydrogen-bond donors (Lipinski definition) is 2. The molecular weight excluding hydrogens is 397 g/mol. The molecule has 0 fully saturated rings. The normalized spacial score (nSPS) is 10.7. The van der Waals surface area contributed by atoms with E-state index in [1.165, 1.54) is 35.5 Å². The maximum atomic E-state index is 13.2. The third-order valence-corrected chi connectivity index (χ3v) is 3.89. The number of ether oxygens (including phenoxy) is 1. The first kappa shape index (κ1) is 20.7. The van der Waals surface area contributed by atoms with Gasteiger partial charge >= 0.3 is 11.9 Å².